The smallest absolute Gasteiger partial charge is 0.144 e. The van der Waals surface area contributed by atoms with Crippen molar-refractivity contribution in [3.63, 3.8) is 0 Å². The first-order valence-electron chi connectivity index (χ1n) is 4.90. The third-order valence-electron chi connectivity index (χ3n) is 2.49. The van der Waals surface area contributed by atoms with E-state index < -0.39 is 0 Å². The van der Waals surface area contributed by atoms with Crippen molar-refractivity contribution in [3.8, 4) is 5.75 Å². The van der Waals surface area contributed by atoms with Crippen LogP contribution in [-0.4, -0.2) is 15.1 Å². The second-order valence-electron chi connectivity index (χ2n) is 3.60. The van der Waals surface area contributed by atoms with Crippen molar-refractivity contribution in [2.45, 2.75) is 0 Å². The molecule has 1 heterocycles. The van der Waals surface area contributed by atoms with E-state index >= 15 is 0 Å². The monoisotopic (exact) mass is 352 g/mol. The number of para-hydroxylation sites is 2. The van der Waals surface area contributed by atoms with Gasteiger partial charge < -0.3 is 5.11 Å². The Morgan fingerprint density at radius 1 is 0.941 bits per heavy atom. The number of rotatable bonds is 0. The van der Waals surface area contributed by atoms with Crippen molar-refractivity contribution in [1.82, 2.24) is 9.97 Å². The molecule has 1 N–H and O–H groups in total. The molecule has 84 valence electrons. The Labute approximate surface area is 114 Å². The summed E-state index contributed by atoms with van der Waals surface area (Å²) in [6, 6.07) is 9.18. The molecule has 0 radical (unpaired) electrons. The molecule has 3 nitrogen and oxygen atoms in total. The number of aromatic hydroxyl groups is 1. The van der Waals surface area contributed by atoms with E-state index in [1.165, 1.54) is 0 Å². The number of phenols is 1. The van der Waals surface area contributed by atoms with Gasteiger partial charge in [-0.3, -0.25) is 0 Å². The maximum absolute atomic E-state index is 9.88. The van der Waals surface area contributed by atoms with Gasteiger partial charge in [0.25, 0.3) is 0 Å². The van der Waals surface area contributed by atoms with E-state index in [4.69, 9.17) is 0 Å². The van der Waals surface area contributed by atoms with Crippen molar-refractivity contribution in [2.24, 2.45) is 0 Å². The zero-order valence-electron chi connectivity index (χ0n) is 8.48. The normalized spacial score (nSPS) is 11.2. The van der Waals surface area contributed by atoms with Crippen LogP contribution in [0.3, 0.4) is 0 Å². The van der Waals surface area contributed by atoms with Crippen LogP contribution in [0.1, 0.15) is 0 Å². The molecule has 0 aliphatic heterocycles. The van der Waals surface area contributed by atoms with Gasteiger partial charge >= 0.3 is 0 Å². The first kappa shape index (κ1) is 10.9. The number of hydrogen-bond donors (Lipinski definition) is 1. The number of nitrogens with zero attached hydrogens (tertiary/aromatic N) is 2. The van der Waals surface area contributed by atoms with Crippen LogP contribution >= 0.6 is 31.9 Å². The molecule has 0 spiro atoms. The number of phenolic OH excluding ortho intramolecular Hbond substituents is 1. The van der Waals surface area contributed by atoms with E-state index in [1.54, 1.807) is 6.07 Å². The first-order valence-corrected chi connectivity index (χ1v) is 6.49. The molecule has 0 atom stereocenters. The lowest BCUT2D eigenvalue weighted by molar-refractivity contribution is 0.480. The molecule has 0 bridgehead atoms. The largest absolute Gasteiger partial charge is 0.506 e. The van der Waals surface area contributed by atoms with Crippen LogP contribution in [0.15, 0.2) is 39.3 Å². The van der Waals surface area contributed by atoms with Crippen LogP contribution in [0.5, 0.6) is 5.75 Å². The summed E-state index contributed by atoms with van der Waals surface area (Å²) in [5.74, 6) is 0.119. The summed E-state index contributed by atoms with van der Waals surface area (Å²) >= 11 is 6.80. The molecule has 0 fully saturated rings. The number of halogens is 2. The summed E-state index contributed by atoms with van der Waals surface area (Å²) in [5.41, 5.74) is 2.72. The molecular formula is C12H6Br2N2O. The Balaban J connectivity index is 2.56. The molecule has 0 aliphatic carbocycles. The Bertz CT molecular complexity index is 743. The second-order valence-corrected chi connectivity index (χ2v) is 5.25. The third-order valence-corrected chi connectivity index (χ3v) is 4.45. The maximum atomic E-state index is 9.88. The summed E-state index contributed by atoms with van der Waals surface area (Å²) in [7, 11) is 0. The molecule has 3 rings (SSSR count). The van der Waals surface area contributed by atoms with Gasteiger partial charge in [0.1, 0.15) is 16.8 Å². The summed E-state index contributed by atoms with van der Waals surface area (Å²) in [5, 5.41) is 9.88. The molecule has 1 aromatic heterocycles. The predicted octanol–water partition coefficient (Wildman–Crippen LogP) is 4.01. The number of benzene rings is 2. The van der Waals surface area contributed by atoms with Crippen LogP contribution in [0.25, 0.3) is 22.1 Å². The fraction of sp³-hybridized carbons (Fsp3) is 0. The Morgan fingerprint density at radius 2 is 1.53 bits per heavy atom. The SMILES string of the molecule is Oc1cc(Br)c(Br)c2nc3ccccc3nc12. The van der Waals surface area contributed by atoms with Crippen molar-refractivity contribution >= 4 is 53.9 Å². The minimum Gasteiger partial charge on any atom is -0.506 e. The topological polar surface area (TPSA) is 46.0 Å². The van der Waals surface area contributed by atoms with Gasteiger partial charge in [-0.15, -0.1) is 0 Å². The van der Waals surface area contributed by atoms with Crippen LogP contribution in [0.4, 0.5) is 0 Å². The molecule has 0 saturated carbocycles. The molecule has 0 aliphatic rings. The molecule has 0 unspecified atom stereocenters. The molecular weight excluding hydrogens is 348 g/mol. The third kappa shape index (κ3) is 1.70. The number of fused-ring (bicyclic) bond motifs is 2. The maximum Gasteiger partial charge on any atom is 0.144 e. The standard InChI is InChI=1S/C12H6Br2N2O/c13-6-5-9(17)11-12(10(6)14)16-8-4-2-1-3-7(8)15-11/h1-5,17H. The van der Waals surface area contributed by atoms with E-state index in [2.05, 4.69) is 41.8 Å². The second kappa shape index (κ2) is 3.92. The van der Waals surface area contributed by atoms with Crippen LogP contribution in [0.2, 0.25) is 0 Å². The highest BCUT2D eigenvalue weighted by atomic mass is 79.9. The Hall–Kier alpha value is -1.20. The van der Waals surface area contributed by atoms with E-state index in [0.29, 0.717) is 11.0 Å². The van der Waals surface area contributed by atoms with Crippen LogP contribution < -0.4 is 0 Å². The van der Waals surface area contributed by atoms with E-state index in [1.807, 2.05) is 24.3 Å². The number of hydrogen-bond acceptors (Lipinski definition) is 3. The van der Waals surface area contributed by atoms with Gasteiger partial charge in [0, 0.05) is 4.47 Å². The average Bonchev–Trinajstić information content (AvgIpc) is 2.34. The number of aromatic nitrogens is 2. The highest BCUT2D eigenvalue weighted by molar-refractivity contribution is 9.13. The van der Waals surface area contributed by atoms with Crippen molar-refractivity contribution in [3.05, 3.63) is 39.3 Å². The molecule has 17 heavy (non-hydrogen) atoms. The molecule has 2 aromatic carbocycles. The highest BCUT2D eigenvalue weighted by Gasteiger charge is 2.12. The lowest BCUT2D eigenvalue weighted by Crippen LogP contribution is -1.89. The minimum absolute atomic E-state index is 0.119. The van der Waals surface area contributed by atoms with E-state index in [0.717, 1.165) is 20.0 Å². The van der Waals surface area contributed by atoms with Gasteiger partial charge in [-0.25, -0.2) is 9.97 Å². The quantitative estimate of drug-likeness (QED) is 0.621. The Kier molecular flexibility index (Phi) is 2.52. The lowest BCUT2D eigenvalue weighted by Gasteiger charge is -2.06. The van der Waals surface area contributed by atoms with Crippen LogP contribution in [0, 0.1) is 0 Å². The summed E-state index contributed by atoms with van der Waals surface area (Å²) in [6.45, 7) is 0. The Morgan fingerprint density at radius 3 is 2.18 bits per heavy atom. The highest BCUT2D eigenvalue weighted by Crippen LogP contribution is 2.35. The average molecular weight is 354 g/mol. The summed E-state index contributed by atoms with van der Waals surface area (Å²) in [4.78, 5) is 8.92. The van der Waals surface area contributed by atoms with Gasteiger partial charge in [0.05, 0.1) is 15.5 Å². The molecule has 5 heteroatoms. The van der Waals surface area contributed by atoms with Gasteiger partial charge in [-0.05, 0) is 50.1 Å². The van der Waals surface area contributed by atoms with Crippen molar-refractivity contribution in [1.29, 1.82) is 0 Å². The van der Waals surface area contributed by atoms with Crippen LogP contribution in [-0.2, 0) is 0 Å². The minimum atomic E-state index is 0.119. The first-order chi connectivity index (χ1) is 8.16. The van der Waals surface area contributed by atoms with Crippen molar-refractivity contribution in [2.75, 3.05) is 0 Å². The van der Waals surface area contributed by atoms with E-state index in [-0.39, 0.29) is 5.75 Å². The zero-order chi connectivity index (χ0) is 12.0. The molecule has 3 aromatic rings. The van der Waals surface area contributed by atoms with E-state index in [9.17, 15) is 5.11 Å². The molecule has 0 saturated heterocycles. The van der Waals surface area contributed by atoms with Gasteiger partial charge in [0.15, 0.2) is 0 Å². The van der Waals surface area contributed by atoms with Crippen molar-refractivity contribution < 1.29 is 5.11 Å². The lowest BCUT2D eigenvalue weighted by atomic mass is 10.2. The summed E-state index contributed by atoms with van der Waals surface area (Å²) in [6.07, 6.45) is 0. The van der Waals surface area contributed by atoms with Gasteiger partial charge in [0.2, 0.25) is 0 Å². The predicted molar refractivity (Wildman–Crippen MR) is 74.1 cm³/mol. The van der Waals surface area contributed by atoms with Gasteiger partial charge in [-0.2, -0.15) is 0 Å². The van der Waals surface area contributed by atoms with Gasteiger partial charge in [-0.1, -0.05) is 12.1 Å². The zero-order valence-corrected chi connectivity index (χ0v) is 11.7. The fourth-order valence-corrected chi connectivity index (χ4v) is 2.49. The fourth-order valence-electron chi connectivity index (χ4n) is 1.70. The summed E-state index contributed by atoms with van der Waals surface area (Å²) < 4.78 is 1.55. The molecule has 0 amide bonds.